The van der Waals surface area contributed by atoms with E-state index < -0.39 is 0 Å². The van der Waals surface area contributed by atoms with Gasteiger partial charge in [-0.25, -0.2) is 0 Å². The van der Waals surface area contributed by atoms with Crippen molar-refractivity contribution in [1.29, 1.82) is 0 Å². The molecule has 3 atom stereocenters. The van der Waals surface area contributed by atoms with Gasteiger partial charge in [-0.15, -0.1) is 0 Å². The molecule has 2 aliphatic heterocycles. The van der Waals surface area contributed by atoms with Gasteiger partial charge in [-0.2, -0.15) is 0 Å². The van der Waals surface area contributed by atoms with Crippen molar-refractivity contribution in [2.45, 2.75) is 33.1 Å². The minimum Gasteiger partial charge on any atom is -0.303 e. The third-order valence-corrected chi connectivity index (χ3v) is 3.48. The lowest BCUT2D eigenvalue weighted by molar-refractivity contribution is 0.266. The molecule has 2 fully saturated rings. The molecular formula is C11H21N. The molecule has 1 nitrogen and oxygen atoms in total. The van der Waals surface area contributed by atoms with Gasteiger partial charge in [0.2, 0.25) is 0 Å². The molecule has 0 N–H and O–H groups in total. The summed E-state index contributed by atoms with van der Waals surface area (Å²) in [4.78, 5) is 2.67. The smallest absolute Gasteiger partial charge is 0.00130 e. The molecular weight excluding hydrogens is 146 g/mol. The Balaban J connectivity index is 1.91. The standard InChI is InChI=1S/C11H21N/c1-9(2)6-11-8-12-5-3-4-10(11)7-12/h9-11H,3-8H2,1-2H3/t10-,11-/m1/s1. The first kappa shape index (κ1) is 8.55. The number of nitrogens with zero attached hydrogens (tertiary/aromatic N) is 1. The molecule has 2 bridgehead atoms. The molecule has 1 heteroatoms. The fourth-order valence-corrected chi connectivity index (χ4v) is 3.00. The summed E-state index contributed by atoms with van der Waals surface area (Å²) in [5.74, 6) is 2.99. The summed E-state index contributed by atoms with van der Waals surface area (Å²) in [5, 5.41) is 0. The van der Waals surface area contributed by atoms with Crippen molar-refractivity contribution in [1.82, 2.24) is 4.90 Å². The second kappa shape index (κ2) is 3.37. The lowest BCUT2D eigenvalue weighted by Crippen LogP contribution is -2.25. The Bertz CT molecular complexity index is 151. The predicted octanol–water partition coefficient (Wildman–Crippen LogP) is 2.37. The molecule has 2 heterocycles. The highest BCUT2D eigenvalue weighted by Crippen LogP contribution is 2.35. The molecule has 1 unspecified atom stereocenters. The van der Waals surface area contributed by atoms with Crippen molar-refractivity contribution in [2.75, 3.05) is 19.6 Å². The molecule has 0 aromatic heterocycles. The van der Waals surface area contributed by atoms with E-state index in [-0.39, 0.29) is 0 Å². The van der Waals surface area contributed by atoms with Crippen molar-refractivity contribution in [3.8, 4) is 0 Å². The van der Waals surface area contributed by atoms with Crippen LogP contribution in [-0.2, 0) is 0 Å². The highest BCUT2D eigenvalue weighted by Gasteiger charge is 2.35. The zero-order valence-corrected chi connectivity index (χ0v) is 8.42. The normalized spacial score (nSPS) is 40.8. The molecule has 70 valence electrons. The van der Waals surface area contributed by atoms with Crippen LogP contribution in [0.4, 0.5) is 0 Å². The van der Waals surface area contributed by atoms with E-state index in [2.05, 4.69) is 18.7 Å². The first-order valence-electron chi connectivity index (χ1n) is 5.48. The summed E-state index contributed by atoms with van der Waals surface area (Å²) < 4.78 is 0. The lowest BCUT2D eigenvalue weighted by atomic mass is 9.85. The SMILES string of the molecule is CC(C)C[C@@H]1CN2CCC[C@@H]1C2. The molecule has 12 heavy (non-hydrogen) atoms. The number of hydrogen-bond acceptors (Lipinski definition) is 1. The summed E-state index contributed by atoms with van der Waals surface area (Å²) in [6.45, 7) is 8.92. The van der Waals surface area contributed by atoms with E-state index in [1.54, 1.807) is 0 Å². The third kappa shape index (κ3) is 1.66. The molecule has 2 aliphatic rings. The number of rotatable bonds is 2. The van der Waals surface area contributed by atoms with E-state index in [1.165, 1.54) is 38.9 Å². The van der Waals surface area contributed by atoms with Crippen LogP contribution in [0.25, 0.3) is 0 Å². The summed E-state index contributed by atoms with van der Waals surface area (Å²) in [6.07, 6.45) is 4.42. The average molecular weight is 167 g/mol. The Hall–Kier alpha value is -0.0400. The molecule has 2 rings (SSSR count). The zero-order valence-electron chi connectivity index (χ0n) is 8.42. The van der Waals surface area contributed by atoms with E-state index in [0.717, 1.165) is 17.8 Å². The lowest BCUT2D eigenvalue weighted by Gasteiger charge is -2.22. The van der Waals surface area contributed by atoms with E-state index in [0.29, 0.717) is 0 Å². The van der Waals surface area contributed by atoms with Crippen molar-refractivity contribution in [3.05, 3.63) is 0 Å². The Morgan fingerprint density at radius 2 is 2.17 bits per heavy atom. The summed E-state index contributed by atoms with van der Waals surface area (Å²) in [5.41, 5.74) is 0. The van der Waals surface area contributed by atoms with Crippen LogP contribution < -0.4 is 0 Å². The molecule has 0 aliphatic carbocycles. The molecule has 0 radical (unpaired) electrons. The highest BCUT2D eigenvalue weighted by molar-refractivity contribution is 4.87. The van der Waals surface area contributed by atoms with Crippen LogP contribution in [-0.4, -0.2) is 24.5 Å². The van der Waals surface area contributed by atoms with Crippen LogP contribution in [0.2, 0.25) is 0 Å². The molecule has 0 saturated carbocycles. The molecule has 0 amide bonds. The maximum Gasteiger partial charge on any atom is 0.00130 e. The highest BCUT2D eigenvalue weighted by atomic mass is 15.2. The summed E-state index contributed by atoms with van der Waals surface area (Å²) >= 11 is 0. The van der Waals surface area contributed by atoms with Gasteiger partial charge < -0.3 is 4.90 Å². The summed E-state index contributed by atoms with van der Waals surface area (Å²) in [6, 6.07) is 0. The van der Waals surface area contributed by atoms with Crippen LogP contribution in [0.5, 0.6) is 0 Å². The minimum absolute atomic E-state index is 0.899. The fourth-order valence-electron chi connectivity index (χ4n) is 3.00. The van der Waals surface area contributed by atoms with Gasteiger partial charge in [0.15, 0.2) is 0 Å². The fraction of sp³-hybridized carbons (Fsp3) is 1.00. The van der Waals surface area contributed by atoms with E-state index in [4.69, 9.17) is 0 Å². The Kier molecular flexibility index (Phi) is 2.40. The van der Waals surface area contributed by atoms with Gasteiger partial charge in [-0.05, 0) is 43.6 Å². The average Bonchev–Trinajstić information content (AvgIpc) is 2.26. The van der Waals surface area contributed by atoms with Gasteiger partial charge in [0, 0.05) is 13.1 Å². The van der Waals surface area contributed by atoms with E-state index in [9.17, 15) is 0 Å². The van der Waals surface area contributed by atoms with Crippen LogP contribution in [0.1, 0.15) is 33.1 Å². The van der Waals surface area contributed by atoms with Gasteiger partial charge in [0.05, 0.1) is 0 Å². The van der Waals surface area contributed by atoms with E-state index >= 15 is 0 Å². The Morgan fingerprint density at radius 3 is 2.83 bits per heavy atom. The quantitative estimate of drug-likeness (QED) is 0.610. The van der Waals surface area contributed by atoms with Gasteiger partial charge in [0.1, 0.15) is 0 Å². The topological polar surface area (TPSA) is 3.24 Å². The monoisotopic (exact) mass is 167 g/mol. The van der Waals surface area contributed by atoms with Crippen molar-refractivity contribution in [3.63, 3.8) is 0 Å². The van der Waals surface area contributed by atoms with Gasteiger partial charge >= 0.3 is 0 Å². The summed E-state index contributed by atoms with van der Waals surface area (Å²) in [7, 11) is 0. The Labute approximate surface area is 76.1 Å². The zero-order chi connectivity index (χ0) is 8.55. The molecule has 0 spiro atoms. The second-order valence-electron chi connectivity index (χ2n) is 5.05. The molecule has 2 saturated heterocycles. The van der Waals surface area contributed by atoms with Crippen molar-refractivity contribution >= 4 is 0 Å². The Morgan fingerprint density at radius 1 is 1.33 bits per heavy atom. The predicted molar refractivity (Wildman–Crippen MR) is 52.1 cm³/mol. The largest absolute Gasteiger partial charge is 0.303 e. The number of fused-ring (bicyclic) bond motifs is 2. The van der Waals surface area contributed by atoms with Crippen LogP contribution in [0, 0.1) is 17.8 Å². The first-order chi connectivity index (χ1) is 5.75. The van der Waals surface area contributed by atoms with Crippen LogP contribution in [0.15, 0.2) is 0 Å². The minimum atomic E-state index is 0.899. The third-order valence-electron chi connectivity index (χ3n) is 3.48. The maximum absolute atomic E-state index is 2.67. The number of hydrogen-bond donors (Lipinski definition) is 0. The maximum atomic E-state index is 2.67. The van der Waals surface area contributed by atoms with Crippen LogP contribution >= 0.6 is 0 Å². The van der Waals surface area contributed by atoms with Gasteiger partial charge in [0.25, 0.3) is 0 Å². The van der Waals surface area contributed by atoms with Crippen molar-refractivity contribution in [2.24, 2.45) is 17.8 Å². The van der Waals surface area contributed by atoms with E-state index in [1.807, 2.05) is 0 Å². The second-order valence-corrected chi connectivity index (χ2v) is 5.05. The van der Waals surface area contributed by atoms with Crippen LogP contribution in [0.3, 0.4) is 0 Å². The van der Waals surface area contributed by atoms with Gasteiger partial charge in [-0.1, -0.05) is 13.8 Å². The molecule has 0 aromatic carbocycles. The van der Waals surface area contributed by atoms with Gasteiger partial charge in [-0.3, -0.25) is 0 Å². The van der Waals surface area contributed by atoms with Crippen molar-refractivity contribution < 1.29 is 0 Å². The molecule has 0 aromatic rings. The first-order valence-corrected chi connectivity index (χ1v) is 5.48. The number of piperidine rings is 1.